The van der Waals surface area contributed by atoms with Crippen molar-refractivity contribution in [2.45, 2.75) is 6.92 Å². The van der Waals surface area contributed by atoms with Crippen LogP contribution in [0.25, 0.3) is 0 Å². The van der Waals surface area contributed by atoms with Crippen LogP contribution >= 0.6 is 11.6 Å². The molecule has 0 radical (unpaired) electrons. The normalized spacial score (nSPS) is 10.3. The standard InChI is InChI=1S/C15H13ClFNO3/c1-8-5-10(3-4-13(8)17)21-14-11(15(19)20-2)6-9(18)7-12(14)16/h3-7H,18H2,1-2H3. The van der Waals surface area contributed by atoms with Crippen LogP contribution in [0.3, 0.4) is 0 Å². The summed E-state index contributed by atoms with van der Waals surface area (Å²) >= 11 is 6.07. The molecule has 2 aromatic rings. The van der Waals surface area contributed by atoms with Gasteiger partial charge in [-0.05, 0) is 42.8 Å². The van der Waals surface area contributed by atoms with Crippen molar-refractivity contribution < 1.29 is 18.7 Å². The molecular formula is C15H13ClFNO3. The molecule has 0 aliphatic rings. The average molecular weight is 310 g/mol. The Morgan fingerprint density at radius 3 is 2.62 bits per heavy atom. The van der Waals surface area contributed by atoms with Crippen molar-refractivity contribution in [3.05, 3.63) is 52.3 Å². The number of carbonyl (C=O) groups is 1. The molecule has 2 aromatic carbocycles. The second-order valence-electron chi connectivity index (χ2n) is 4.38. The highest BCUT2D eigenvalue weighted by atomic mass is 35.5. The highest BCUT2D eigenvalue weighted by Gasteiger charge is 2.18. The van der Waals surface area contributed by atoms with E-state index in [1.54, 1.807) is 6.92 Å². The van der Waals surface area contributed by atoms with Gasteiger partial charge in [0.1, 0.15) is 17.1 Å². The molecule has 0 bridgehead atoms. The summed E-state index contributed by atoms with van der Waals surface area (Å²) in [6, 6.07) is 7.08. The van der Waals surface area contributed by atoms with Crippen molar-refractivity contribution in [2.75, 3.05) is 12.8 Å². The number of benzene rings is 2. The number of nitrogen functional groups attached to an aromatic ring is 1. The quantitative estimate of drug-likeness (QED) is 0.689. The number of carbonyl (C=O) groups excluding carboxylic acids is 1. The number of nitrogens with two attached hydrogens (primary N) is 1. The molecule has 0 unspecified atom stereocenters. The van der Waals surface area contributed by atoms with Gasteiger partial charge in [0.2, 0.25) is 0 Å². The number of anilines is 1. The second kappa shape index (κ2) is 6.01. The fraction of sp³-hybridized carbons (Fsp3) is 0.133. The molecule has 0 heterocycles. The number of aryl methyl sites for hydroxylation is 1. The number of hydrogen-bond acceptors (Lipinski definition) is 4. The first-order valence-corrected chi connectivity index (χ1v) is 6.41. The van der Waals surface area contributed by atoms with Crippen molar-refractivity contribution in [2.24, 2.45) is 0 Å². The first-order valence-electron chi connectivity index (χ1n) is 6.03. The van der Waals surface area contributed by atoms with E-state index in [-0.39, 0.29) is 22.2 Å². The third-order valence-corrected chi connectivity index (χ3v) is 3.10. The zero-order chi connectivity index (χ0) is 15.6. The predicted molar refractivity (Wildman–Crippen MR) is 78.4 cm³/mol. The first-order chi connectivity index (χ1) is 9.92. The Labute approximate surface area is 126 Å². The predicted octanol–water partition coefficient (Wildman–Crippen LogP) is 3.95. The number of methoxy groups -OCH3 is 1. The molecule has 0 atom stereocenters. The Bertz CT molecular complexity index is 704. The lowest BCUT2D eigenvalue weighted by atomic mass is 10.1. The van der Waals surface area contributed by atoms with Crippen LogP contribution < -0.4 is 10.5 Å². The highest BCUT2D eigenvalue weighted by molar-refractivity contribution is 6.33. The molecule has 2 N–H and O–H groups in total. The topological polar surface area (TPSA) is 61.5 Å². The van der Waals surface area contributed by atoms with Gasteiger partial charge in [0, 0.05) is 5.69 Å². The van der Waals surface area contributed by atoms with Crippen LogP contribution in [0.15, 0.2) is 30.3 Å². The van der Waals surface area contributed by atoms with Gasteiger partial charge < -0.3 is 15.2 Å². The highest BCUT2D eigenvalue weighted by Crippen LogP contribution is 2.35. The van der Waals surface area contributed by atoms with E-state index in [4.69, 9.17) is 22.1 Å². The number of hydrogen-bond donors (Lipinski definition) is 1. The second-order valence-corrected chi connectivity index (χ2v) is 4.79. The van der Waals surface area contributed by atoms with E-state index in [1.165, 1.54) is 37.4 Å². The average Bonchev–Trinajstić information content (AvgIpc) is 2.44. The van der Waals surface area contributed by atoms with Crippen molar-refractivity contribution >= 4 is 23.3 Å². The number of ether oxygens (including phenoxy) is 2. The molecule has 0 fully saturated rings. The van der Waals surface area contributed by atoms with Crippen molar-refractivity contribution in [1.82, 2.24) is 0 Å². The summed E-state index contributed by atoms with van der Waals surface area (Å²) in [6.07, 6.45) is 0. The lowest BCUT2D eigenvalue weighted by Crippen LogP contribution is -2.05. The maximum atomic E-state index is 13.3. The third kappa shape index (κ3) is 3.25. The molecule has 0 spiro atoms. The number of rotatable bonds is 3. The van der Waals surface area contributed by atoms with E-state index in [0.717, 1.165) is 0 Å². The van der Waals surface area contributed by atoms with E-state index in [2.05, 4.69) is 4.74 Å². The Kier molecular flexibility index (Phi) is 4.33. The summed E-state index contributed by atoms with van der Waals surface area (Å²) in [5.41, 5.74) is 6.49. The van der Waals surface area contributed by atoms with Gasteiger partial charge in [-0.25, -0.2) is 9.18 Å². The van der Waals surface area contributed by atoms with Crippen LogP contribution in [0.2, 0.25) is 5.02 Å². The first kappa shape index (κ1) is 15.1. The summed E-state index contributed by atoms with van der Waals surface area (Å²) in [5.74, 6) is -0.508. The van der Waals surface area contributed by atoms with E-state index < -0.39 is 5.97 Å². The summed E-state index contributed by atoms with van der Waals surface area (Å²) in [4.78, 5) is 11.8. The summed E-state index contributed by atoms with van der Waals surface area (Å²) < 4.78 is 23.5. The SMILES string of the molecule is COC(=O)c1cc(N)cc(Cl)c1Oc1ccc(F)c(C)c1. The zero-order valence-corrected chi connectivity index (χ0v) is 12.2. The molecule has 21 heavy (non-hydrogen) atoms. The van der Waals surface area contributed by atoms with Crippen LogP contribution in [0, 0.1) is 12.7 Å². The Hall–Kier alpha value is -2.27. The molecule has 6 heteroatoms. The van der Waals surface area contributed by atoms with Gasteiger partial charge in [0.05, 0.1) is 12.1 Å². The number of halogens is 2. The van der Waals surface area contributed by atoms with E-state index in [0.29, 0.717) is 17.0 Å². The zero-order valence-electron chi connectivity index (χ0n) is 11.4. The molecule has 2 rings (SSSR count). The Morgan fingerprint density at radius 2 is 2.00 bits per heavy atom. The largest absolute Gasteiger partial charge is 0.465 e. The summed E-state index contributed by atoms with van der Waals surface area (Å²) in [6.45, 7) is 1.61. The minimum atomic E-state index is -0.627. The lowest BCUT2D eigenvalue weighted by Gasteiger charge is -2.13. The minimum absolute atomic E-state index is 0.101. The van der Waals surface area contributed by atoms with Gasteiger partial charge in [-0.1, -0.05) is 11.6 Å². The van der Waals surface area contributed by atoms with Crippen LogP contribution in [-0.4, -0.2) is 13.1 Å². The molecule has 0 aliphatic carbocycles. The van der Waals surface area contributed by atoms with Gasteiger partial charge in [-0.3, -0.25) is 0 Å². The van der Waals surface area contributed by atoms with Crippen molar-refractivity contribution in [1.29, 1.82) is 0 Å². The third-order valence-electron chi connectivity index (χ3n) is 2.82. The maximum absolute atomic E-state index is 13.3. The fourth-order valence-corrected chi connectivity index (χ4v) is 2.04. The fourth-order valence-electron chi connectivity index (χ4n) is 1.78. The summed E-state index contributed by atoms with van der Waals surface area (Å²) in [5, 5.41) is 0.164. The van der Waals surface area contributed by atoms with Crippen LogP contribution in [0.4, 0.5) is 10.1 Å². The molecule has 0 aromatic heterocycles. The van der Waals surface area contributed by atoms with Crippen molar-refractivity contribution in [3.63, 3.8) is 0 Å². The Balaban J connectivity index is 2.47. The number of esters is 1. The van der Waals surface area contributed by atoms with Crippen LogP contribution in [0.1, 0.15) is 15.9 Å². The van der Waals surface area contributed by atoms with Gasteiger partial charge in [0.25, 0.3) is 0 Å². The van der Waals surface area contributed by atoms with Gasteiger partial charge in [-0.15, -0.1) is 0 Å². The molecule has 110 valence electrons. The smallest absolute Gasteiger partial charge is 0.341 e. The van der Waals surface area contributed by atoms with Gasteiger partial charge in [0.15, 0.2) is 5.75 Å². The van der Waals surface area contributed by atoms with E-state index in [1.807, 2.05) is 0 Å². The van der Waals surface area contributed by atoms with Gasteiger partial charge >= 0.3 is 5.97 Å². The van der Waals surface area contributed by atoms with Gasteiger partial charge in [-0.2, -0.15) is 0 Å². The molecule has 4 nitrogen and oxygen atoms in total. The van der Waals surface area contributed by atoms with Crippen LogP contribution in [0.5, 0.6) is 11.5 Å². The van der Waals surface area contributed by atoms with E-state index >= 15 is 0 Å². The lowest BCUT2D eigenvalue weighted by molar-refractivity contribution is 0.0598. The van der Waals surface area contributed by atoms with E-state index in [9.17, 15) is 9.18 Å². The van der Waals surface area contributed by atoms with Crippen LogP contribution in [-0.2, 0) is 4.74 Å². The van der Waals surface area contributed by atoms with Crippen molar-refractivity contribution in [3.8, 4) is 11.5 Å². The monoisotopic (exact) mass is 309 g/mol. The molecular weight excluding hydrogens is 297 g/mol. The molecule has 0 amide bonds. The Morgan fingerprint density at radius 1 is 1.29 bits per heavy atom. The summed E-state index contributed by atoms with van der Waals surface area (Å²) in [7, 11) is 1.24. The molecule has 0 saturated carbocycles. The maximum Gasteiger partial charge on any atom is 0.341 e. The molecule has 0 aliphatic heterocycles. The molecule has 0 saturated heterocycles. The minimum Gasteiger partial charge on any atom is -0.465 e.